The van der Waals surface area contributed by atoms with Crippen molar-refractivity contribution in [2.24, 2.45) is 0 Å². The molecular formula is C23H30InN6O2S. The van der Waals surface area contributed by atoms with E-state index < -0.39 is 22.9 Å². The molecule has 2 fully saturated rings. The van der Waals surface area contributed by atoms with Gasteiger partial charge in [0.15, 0.2) is 0 Å². The van der Waals surface area contributed by atoms with Crippen molar-refractivity contribution in [1.29, 1.82) is 0 Å². The summed E-state index contributed by atoms with van der Waals surface area (Å²) in [6, 6.07) is 2.30. The van der Waals surface area contributed by atoms with Crippen LogP contribution in [0.15, 0.2) is 19.8 Å². The number of rotatable bonds is 6. The summed E-state index contributed by atoms with van der Waals surface area (Å²) in [4.78, 5) is 33.2. The Balaban J connectivity index is 1.33. The maximum absolute atomic E-state index is 12.0. The summed E-state index contributed by atoms with van der Waals surface area (Å²) in [5.74, 6) is 2.10. The minimum absolute atomic E-state index is 0.175. The Morgan fingerprint density at radius 1 is 1.12 bits per heavy atom. The Labute approximate surface area is 210 Å². The van der Waals surface area contributed by atoms with Gasteiger partial charge in [0.05, 0.1) is 6.54 Å². The fraction of sp³-hybridized carbons (Fsp3) is 0.522. The van der Waals surface area contributed by atoms with E-state index in [0.717, 1.165) is 75.5 Å². The third-order valence-corrected chi connectivity index (χ3v) is 10.1. The zero-order valence-electron chi connectivity index (χ0n) is 19.4. The summed E-state index contributed by atoms with van der Waals surface area (Å²) < 4.78 is 10.3. The van der Waals surface area contributed by atoms with Gasteiger partial charge >= 0.3 is 175 Å². The molecule has 8 nitrogen and oxygen atoms in total. The van der Waals surface area contributed by atoms with Gasteiger partial charge in [0.25, 0.3) is 0 Å². The quantitative estimate of drug-likeness (QED) is 0.520. The Bertz CT molecular complexity index is 1070. The molecule has 3 aliphatic heterocycles. The van der Waals surface area contributed by atoms with Crippen molar-refractivity contribution in [3.8, 4) is 0 Å². The van der Waals surface area contributed by atoms with E-state index in [9.17, 15) is 4.79 Å². The molecule has 1 radical (unpaired) electrons. The number of carbonyl (C=O) groups excluding carboxylic acids is 1. The summed E-state index contributed by atoms with van der Waals surface area (Å²) >= 11 is 1.10. The molecule has 33 heavy (non-hydrogen) atoms. The molecule has 0 unspecified atom stereocenters. The second-order valence-corrected chi connectivity index (χ2v) is 13.2. The predicted molar refractivity (Wildman–Crippen MR) is 134 cm³/mol. The van der Waals surface area contributed by atoms with E-state index in [-0.39, 0.29) is 5.91 Å². The molecule has 5 rings (SSSR count). The van der Waals surface area contributed by atoms with E-state index in [1.807, 2.05) is 14.1 Å². The first-order chi connectivity index (χ1) is 16.1. The van der Waals surface area contributed by atoms with Crippen molar-refractivity contribution in [2.45, 2.75) is 6.54 Å². The van der Waals surface area contributed by atoms with Gasteiger partial charge in [-0.3, -0.25) is 4.79 Å². The zero-order chi connectivity index (χ0) is 22.8. The first-order valence-corrected chi connectivity index (χ1v) is 16.2. The zero-order valence-corrected chi connectivity index (χ0v) is 23.5. The molecule has 0 spiro atoms. The van der Waals surface area contributed by atoms with Crippen molar-refractivity contribution in [2.75, 3.05) is 78.0 Å². The van der Waals surface area contributed by atoms with Gasteiger partial charge in [0.1, 0.15) is 0 Å². The van der Waals surface area contributed by atoms with Crippen LogP contribution in [0.25, 0.3) is 15.8 Å². The number of anilines is 1. The Morgan fingerprint density at radius 3 is 2.58 bits per heavy atom. The molecule has 2 aromatic heterocycles. The van der Waals surface area contributed by atoms with Crippen molar-refractivity contribution in [3.05, 3.63) is 30.5 Å². The predicted octanol–water partition coefficient (Wildman–Crippen LogP) is 1.31. The number of thiophene rings is 1. The van der Waals surface area contributed by atoms with Gasteiger partial charge < -0.3 is 4.90 Å². The van der Waals surface area contributed by atoms with Crippen molar-refractivity contribution in [1.82, 2.24) is 24.7 Å². The van der Waals surface area contributed by atoms with Gasteiger partial charge in [-0.25, -0.2) is 0 Å². The van der Waals surface area contributed by atoms with Crippen molar-refractivity contribution < 1.29 is 9.53 Å². The van der Waals surface area contributed by atoms with E-state index in [1.54, 1.807) is 16.2 Å². The Morgan fingerprint density at radius 2 is 1.88 bits per heavy atom. The summed E-state index contributed by atoms with van der Waals surface area (Å²) in [7, 11) is 3.64. The van der Waals surface area contributed by atoms with E-state index in [2.05, 4.69) is 34.5 Å². The van der Waals surface area contributed by atoms with Crippen molar-refractivity contribution in [3.63, 3.8) is 0 Å². The average Bonchev–Trinajstić information content (AvgIpc) is 3.50. The summed E-state index contributed by atoms with van der Waals surface area (Å²) in [5.41, 5.74) is 1.20. The van der Waals surface area contributed by atoms with Crippen LogP contribution >= 0.6 is 11.3 Å². The number of likely N-dealkylation sites (N-methyl/N-ethyl adjacent to an activating group) is 1. The van der Waals surface area contributed by atoms with E-state index in [1.165, 1.54) is 15.8 Å². The topological polar surface area (TPSA) is 65.0 Å². The molecule has 0 atom stereocenters. The summed E-state index contributed by atoms with van der Waals surface area (Å²) in [6.45, 7) is 8.49. The molecule has 1 amide bonds. The van der Waals surface area contributed by atoms with E-state index in [4.69, 9.17) is 14.7 Å². The first-order valence-electron chi connectivity index (χ1n) is 11.6. The van der Waals surface area contributed by atoms with Gasteiger partial charge in [0.2, 0.25) is 5.91 Å². The number of nitrogens with zero attached hydrogens (tertiary/aromatic N) is 6. The molecule has 173 valence electrons. The number of morpholine rings is 1. The molecule has 0 N–H and O–H groups in total. The van der Waals surface area contributed by atoms with E-state index in [0.29, 0.717) is 6.54 Å². The maximum atomic E-state index is 12.0. The molecule has 2 aromatic rings. The summed E-state index contributed by atoms with van der Waals surface area (Å²) in [6.07, 6.45) is 2.21. The van der Waals surface area contributed by atoms with Gasteiger partial charge in [-0.2, -0.15) is 0 Å². The first kappa shape index (κ1) is 23.3. The van der Waals surface area contributed by atoms with Crippen LogP contribution < -0.4 is 4.90 Å². The molecule has 0 bridgehead atoms. The molecule has 0 saturated carbocycles. The molecule has 2 saturated heterocycles. The Kier molecular flexibility index (Phi) is 7.36. The minimum atomic E-state index is -0.693. The Hall–Kier alpha value is -1.46. The fourth-order valence-electron chi connectivity index (χ4n) is 4.36. The van der Waals surface area contributed by atoms with Gasteiger partial charge in [-0.05, 0) is 0 Å². The number of fused-ring (bicyclic) bond motifs is 1. The van der Waals surface area contributed by atoms with Crippen LogP contribution in [-0.4, -0.2) is 127 Å². The van der Waals surface area contributed by atoms with Gasteiger partial charge in [-0.1, -0.05) is 0 Å². The molecule has 3 aliphatic rings. The third kappa shape index (κ3) is 5.45. The second kappa shape index (κ2) is 10.4. The molecule has 10 heteroatoms. The fourth-order valence-corrected chi connectivity index (χ4v) is 7.99. The average molecular weight is 569 g/mol. The summed E-state index contributed by atoms with van der Waals surface area (Å²) in [5, 5.41) is 1.17. The van der Waals surface area contributed by atoms with Crippen molar-refractivity contribution >= 4 is 61.8 Å². The number of ether oxygens (including phenoxy) is 1. The number of amides is 1. The molecule has 0 aromatic carbocycles. The number of piperazine rings is 1. The van der Waals surface area contributed by atoms with Crippen LogP contribution in [0.5, 0.6) is 0 Å². The van der Waals surface area contributed by atoms with Crippen LogP contribution in [0, 0.1) is 0 Å². The van der Waals surface area contributed by atoms with Crippen LogP contribution in [-0.2, 0) is 16.1 Å². The van der Waals surface area contributed by atoms with Crippen LogP contribution in [0.3, 0.4) is 0 Å². The number of hydrogen-bond acceptors (Lipinski definition) is 8. The van der Waals surface area contributed by atoms with Crippen LogP contribution in [0.1, 0.15) is 10.7 Å². The number of allylic oxidation sites excluding steroid dienone is 2. The molecule has 5 heterocycles. The molecule has 0 aliphatic carbocycles. The van der Waals surface area contributed by atoms with Crippen LogP contribution in [0.2, 0.25) is 0 Å². The number of hydrogen-bond donors (Lipinski definition) is 0. The van der Waals surface area contributed by atoms with E-state index >= 15 is 0 Å². The molecular weight excluding hydrogens is 539 g/mol. The SMILES string of the molecule is CN(C)C(=O)CN1CCN(Cc2cc3c(N4CCOCC4)nc(C4=[CH][In][CH]=C4)nc3s2)CC1. The normalized spacial score (nSPS) is 19.7. The standard InChI is InChI=1S/C23H30N6O2S.In/c1-5-17(2)21-24-22(29-10-12-31-13-11-29)19-14-18(32-23(19)25-21)15-27-6-8-28(9-7-27)16-20(30)26(3)4;/h1-2,5,14H,6-13,15-16H2,3-4H3;. The number of aromatic nitrogens is 2. The van der Waals surface area contributed by atoms with Gasteiger partial charge in [-0.15, -0.1) is 0 Å². The second-order valence-electron chi connectivity index (χ2n) is 8.92. The van der Waals surface area contributed by atoms with Crippen LogP contribution in [0.4, 0.5) is 5.82 Å². The monoisotopic (exact) mass is 569 g/mol. The van der Waals surface area contributed by atoms with Gasteiger partial charge in [0, 0.05) is 14.1 Å². The third-order valence-electron chi connectivity index (χ3n) is 6.36. The number of carbonyl (C=O) groups is 1.